The fourth-order valence-electron chi connectivity index (χ4n) is 3.16. The zero-order valence-corrected chi connectivity index (χ0v) is 18.0. The molecule has 2 aromatic carbocycles. The quantitative estimate of drug-likeness (QED) is 0.486. The van der Waals surface area contributed by atoms with Crippen LogP contribution in [-0.2, 0) is 10.8 Å². The predicted molar refractivity (Wildman–Crippen MR) is 116 cm³/mol. The molecule has 0 bridgehead atoms. The van der Waals surface area contributed by atoms with Crippen LogP contribution in [-0.4, -0.2) is 30.6 Å². The number of aromatic amines is 1. The largest absolute Gasteiger partial charge is 0.507 e. The lowest BCUT2D eigenvalue weighted by molar-refractivity contribution is 0.423. The number of aromatic hydroxyl groups is 1. The van der Waals surface area contributed by atoms with Gasteiger partial charge in [0.2, 0.25) is 5.82 Å². The Bertz CT molecular complexity index is 977. The number of nitrogens with zero attached hydrogens (tertiary/aromatic N) is 3. The van der Waals surface area contributed by atoms with Crippen LogP contribution in [0.25, 0.3) is 11.4 Å². The third kappa shape index (κ3) is 3.97. The van der Waals surface area contributed by atoms with Gasteiger partial charge in [-0.1, -0.05) is 72.0 Å². The molecule has 0 radical (unpaired) electrons. The molecule has 0 aliphatic rings. The lowest BCUT2D eigenvalue weighted by Gasteiger charge is -2.28. The van der Waals surface area contributed by atoms with E-state index in [1.54, 1.807) is 0 Å². The number of nitrogens with one attached hydrogen (secondary N) is 1. The number of phenolic OH excluding ortho intramolecular Hbond substituents is 1. The Balaban J connectivity index is 2.13. The molecule has 3 aromatic rings. The van der Waals surface area contributed by atoms with E-state index in [-0.39, 0.29) is 10.8 Å². The molecule has 6 heteroatoms. The summed E-state index contributed by atoms with van der Waals surface area (Å²) in [5.74, 6) is 0.883. The minimum Gasteiger partial charge on any atom is -0.507 e. The number of phenols is 1. The van der Waals surface area contributed by atoms with Gasteiger partial charge in [-0.3, -0.25) is 0 Å². The van der Waals surface area contributed by atoms with Crippen molar-refractivity contribution in [3.63, 3.8) is 0 Å². The summed E-state index contributed by atoms with van der Waals surface area (Å²) in [6.07, 6.45) is 0. The first-order chi connectivity index (χ1) is 13.0. The van der Waals surface area contributed by atoms with Crippen LogP contribution >= 0.6 is 12.2 Å². The fraction of sp³-hybridized carbons (Fsp3) is 0.364. The van der Waals surface area contributed by atoms with Gasteiger partial charge in [0.15, 0.2) is 0 Å². The van der Waals surface area contributed by atoms with E-state index in [9.17, 15) is 5.11 Å². The van der Waals surface area contributed by atoms with Crippen LogP contribution in [0.2, 0.25) is 0 Å². The second-order valence-electron chi connectivity index (χ2n) is 9.07. The molecule has 0 aliphatic heterocycles. The molecule has 0 fully saturated rings. The third-order valence-electron chi connectivity index (χ3n) is 4.72. The number of hydrogen-bond donors (Lipinski definition) is 2. The zero-order chi connectivity index (χ0) is 20.7. The second kappa shape index (κ2) is 7.09. The van der Waals surface area contributed by atoms with Gasteiger partial charge in [0, 0.05) is 16.7 Å². The second-order valence-corrected chi connectivity index (χ2v) is 9.47. The van der Waals surface area contributed by atoms with Gasteiger partial charge >= 0.3 is 0 Å². The van der Waals surface area contributed by atoms with Crippen molar-refractivity contribution in [3.8, 4) is 17.1 Å². The third-order valence-corrected chi connectivity index (χ3v) is 5.19. The number of aromatic nitrogens is 4. The molecule has 0 saturated heterocycles. The van der Waals surface area contributed by atoms with Crippen molar-refractivity contribution < 1.29 is 5.11 Å². The fourth-order valence-corrected chi connectivity index (χ4v) is 3.40. The molecule has 3 rings (SSSR count). The van der Waals surface area contributed by atoms with E-state index in [0.29, 0.717) is 11.6 Å². The SMILES string of the molecule is CC(C)(C)c1cc(C(=S)c2cccc(-c3nn[nH]n3)c2)cc(C(C)(C)C)c1O. The Morgan fingerprint density at radius 1 is 0.929 bits per heavy atom. The Morgan fingerprint density at radius 3 is 2.04 bits per heavy atom. The van der Waals surface area contributed by atoms with Crippen molar-refractivity contribution in [1.82, 2.24) is 20.6 Å². The number of thiocarbonyl (C=S) groups is 1. The maximum Gasteiger partial charge on any atom is 0.204 e. The summed E-state index contributed by atoms with van der Waals surface area (Å²) < 4.78 is 0. The highest BCUT2D eigenvalue weighted by molar-refractivity contribution is 7.81. The van der Waals surface area contributed by atoms with Crippen molar-refractivity contribution in [1.29, 1.82) is 0 Å². The standard InChI is InChI=1S/C22H26N4OS/c1-21(2,3)16-11-15(12-17(18(16)27)22(4,5)6)19(28)13-8-7-9-14(10-13)20-23-25-26-24-20/h7-12,27H,1-6H3,(H,23,24,25,26). The lowest BCUT2D eigenvalue weighted by Crippen LogP contribution is -2.19. The summed E-state index contributed by atoms with van der Waals surface area (Å²) in [6.45, 7) is 12.6. The topological polar surface area (TPSA) is 74.7 Å². The van der Waals surface area contributed by atoms with Gasteiger partial charge in [-0.25, -0.2) is 0 Å². The molecular formula is C22H26N4OS. The maximum absolute atomic E-state index is 10.9. The molecule has 0 amide bonds. The van der Waals surface area contributed by atoms with Crippen molar-refractivity contribution in [2.75, 3.05) is 0 Å². The van der Waals surface area contributed by atoms with E-state index in [2.05, 4.69) is 62.2 Å². The first-order valence-electron chi connectivity index (χ1n) is 9.25. The lowest BCUT2D eigenvalue weighted by atomic mass is 9.78. The van der Waals surface area contributed by atoms with Crippen LogP contribution in [0.4, 0.5) is 0 Å². The molecule has 1 aromatic heterocycles. The van der Waals surface area contributed by atoms with E-state index >= 15 is 0 Å². The summed E-state index contributed by atoms with van der Waals surface area (Å²) >= 11 is 5.84. The molecule has 0 spiro atoms. The molecule has 146 valence electrons. The maximum atomic E-state index is 10.9. The summed E-state index contributed by atoms with van der Waals surface area (Å²) in [7, 11) is 0. The summed E-state index contributed by atoms with van der Waals surface area (Å²) in [4.78, 5) is 0.723. The van der Waals surface area contributed by atoms with Gasteiger partial charge in [-0.15, -0.1) is 10.2 Å². The molecule has 0 saturated carbocycles. The van der Waals surface area contributed by atoms with Crippen LogP contribution in [0.15, 0.2) is 36.4 Å². The Kier molecular flexibility index (Phi) is 5.10. The first kappa shape index (κ1) is 20.1. The summed E-state index contributed by atoms with van der Waals surface area (Å²) in [6, 6.07) is 11.8. The normalized spacial score (nSPS) is 12.2. The molecule has 1 heterocycles. The van der Waals surface area contributed by atoms with Gasteiger partial charge in [0.25, 0.3) is 0 Å². The summed E-state index contributed by atoms with van der Waals surface area (Å²) in [5.41, 5.74) is 4.05. The van der Waals surface area contributed by atoms with Crippen molar-refractivity contribution in [2.45, 2.75) is 52.4 Å². The van der Waals surface area contributed by atoms with Crippen molar-refractivity contribution >= 4 is 17.1 Å². The molecule has 0 aliphatic carbocycles. The van der Waals surface area contributed by atoms with E-state index in [4.69, 9.17) is 12.2 Å². The Morgan fingerprint density at radius 2 is 1.54 bits per heavy atom. The molecule has 5 nitrogen and oxygen atoms in total. The average molecular weight is 395 g/mol. The minimum absolute atomic E-state index is 0.206. The zero-order valence-electron chi connectivity index (χ0n) is 17.2. The number of tetrazole rings is 1. The molecule has 0 atom stereocenters. The van der Waals surface area contributed by atoms with Gasteiger partial charge in [-0.05, 0) is 45.4 Å². The van der Waals surface area contributed by atoms with E-state index in [1.165, 1.54) is 0 Å². The van der Waals surface area contributed by atoms with Crippen molar-refractivity contribution in [2.24, 2.45) is 0 Å². The van der Waals surface area contributed by atoms with Gasteiger partial charge in [-0.2, -0.15) is 5.21 Å². The van der Waals surface area contributed by atoms with E-state index < -0.39 is 0 Å². The van der Waals surface area contributed by atoms with E-state index in [0.717, 1.165) is 32.7 Å². The molecular weight excluding hydrogens is 368 g/mol. The monoisotopic (exact) mass is 394 g/mol. The molecule has 2 N–H and O–H groups in total. The smallest absolute Gasteiger partial charge is 0.204 e. The van der Waals surface area contributed by atoms with Crippen LogP contribution in [0.1, 0.15) is 63.8 Å². The van der Waals surface area contributed by atoms with Crippen LogP contribution in [0.5, 0.6) is 5.75 Å². The first-order valence-corrected chi connectivity index (χ1v) is 9.66. The molecule has 28 heavy (non-hydrogen) atoms. The highest BCUT2D eigenvalue weighted by atomic mass is 32.1. The molecule has 0 unspecified atom stereocenters. The number of H-pyrrole nitrogens is 1. The number of benzene rings is 2. The minimum atomic E-state index is -0.206. The van der Waals surface area contributed by atoms with Gasteiger partial charge in [0.05, 0.1) is 4.86 Å². The van der Waals surface area contributed by atoms with Crippen LogP contribution in [0.3, 0.4) is 0 Å². The van der Waals surface area contributed by atoms with Crippen molar-refractivity contribution in [3.05, 3.63) is 58.7 Å². The van der Waals surface area contributed by atoms with E-state index in [1.807, 2.05) is 36.4 Å². The highest BCUT2D eigenvalue weighted by Crippen LogP contribution is 2.40. The van der Waals surface area contributed by atoms with Gasteiger partial charge in [0.1, 0.15) is 5.75 Å². The van der Waals surface area contributed by atoms with Crippen LogP contribution < -0.4 is 0 Å². The number of rotatable bonds is 3. The highest BCUT2D eigenvalue weighted by Gasteiger charge is 2.27. The van der Waals surface area contributed by atoms with Crippen LogP contribution in [0, 0.1) is 0 Å². The Hall–Kier alpha value is -2.60. The van der Waals surface area contributed by atoms with Gasteiger partial charge < -0.3 is 5.11 Å². The predicted octanol–water partition coefficient (Wildman–Crippen LogP) is 4.93. The summed E-state index contributed by atoms with van der Waals surface area (Å²) in [5, 5.41) is 25.1. The average Bonchev–Trinajstić information content (AvgIpc) is 3.14. The number of hydrogen-bond acceptors (Lipinski definition) is 5. The Labute approximate surface area is 171 Å².